The molecule has 1 rings (SSSR count). The highest BCUT2D eigenvalue weighted by Gasteiger charge is 2.26. The first-order chi connectivity index (χ1) is 7.57. The maximum Gasteiger partial charge on any atom is 0.276 e. The lowest BCUT2D eigenvalue weighted by Crippen LogP contribution is -2.35. The number of alkyl halides is 2. The maximum atomic E-state index is 12.9. The van der Waals surface area contributed by atoms with Crippen molar-refractivity contribution in [3.05, 3.63) is 18.1 Å². The van der Waals surface area contributed by atoms with Crippen LogP contribution in [-0.2, 0) is 6.42 Å². The SMILES string of the molecule is CCCc1cc(NCC(F)(F)CN)ncn1. The number of nitrogens with zero attached hydrogens (tertiary/aromatic N) is 2. The highest BCUT2D eigenvalue weighted by atomic mass is 19.3. The average molecular weight is 230 g/mol. The number of rotatable bonds is 6. The van der Waals surface area contributed by atoms with Crippen molar-refractivity contribution < 1.29 is 8.78 Å². The number of nitrogens with two attached hydrogens (primary N) is 1. The standard InChI is InChI=1S/C10H16F2N4/c1-2-3-8-4-9(16-7-15-8)14-6-10(11,12)5-13/h4,7H,2-3,5-6,13H2,1H3,(H,14,15,16). The van der Waals surface area contributed by atoms with Gasteiger partial charge in [-0.2, -0.15) is 0 Å². The summed E-state index contributed by atoms with van der Waals surface area (Å²) >= 11 is 0. The number of aryl methyl sites for hydroxylation is 1. The number of anilines is 1. The van der Waals surface area contributed by atoms with Crippen LogP contribution in [0.3, 0.4) is 0 Å². The molecule has 0 fully saturated rings. The van der Waals surface area contributed by atoms with Gasteiger partial charge in [-0.05, 0) is 6.42 Å². The van der Waals surface area contributed by atoms with E-state index in [1.165, 1.54) is 6.33 Å². The summed E-state index contributed by atoms with van der Waals surface area (Å²) in [6, 6.07) is 1.68. The van der Waals surface area contributed by atoms with Crippen molar-refractivity contribution in [1.82, 2.24) is 9.97 Å². The first-order valence-electron chi connectivity index (χ1n) is 5.20. The van der Waals surface area contributed by atoms with Gasteiger partial charge in [0.1, 0.15) is 12.1 Å². The van der Waals surface area contributed by atoms with E-state index in [0.29, 0.717) is 5.82 Å². The van der Waals surface area contributed by atoms with E-state index in [9.17, 15) is 8.78 Å². The molecule has 0 aliphatic rings. The molecule has 0 aliphatic carbocycles. The van der Waals surface area contributed by atoms with Crippen molar-refractivity contribution in [1.29, 1.82) is 0 Å². The lowest BCUT2D eigenvalue weighted by molar-refractivity contribution is 0.0253. The normalized spacial score (nSPS) is 11.5. The molecule has 90 valence electrons. The van der Waals surface area contributed by atoms with E-state index < -0.39 is 19.0 Å². The van der Waals surface area contributed by atoms with Crippen LogP contribution in [0.1, 0.15) is 19.0 Å². The van der Waals surface area contributed by atoms with Crippen LogP contribution in [0.2, 0.25) is 0 Å². The largest absolute Gasteiger partial charge is 0.364 e. The Kier molecular flexibility index (Phi) is 4.54. The average Bonchev–Trinajstić information content (AvgIpc) is 2.28. The zero-order valence-corrected chi connectivity index (χ0v) is 9.21. The topological polar surface area (TPSA) is 63.8 Å². The fraction of sp³-hybridized carbons (Fsp3) is 0.600. The summed E-state index contributed by atoms with van der Waals surface area (Å²) in [6.07, 6.45) is 3.13. The third-order valence-corrected chi connectivity index (χ3v) is 2.06. The number of nitrogens with one attached hydrogen (secondary N) is 1. The lowest BCUT2D eigenvalue weighted by atomic mass is 10.2. The fourth-order valence-electron chi connectivity index (χ4n) is 1.18. The summed E-state index contributed by atoms with van der Waals surface area (Å²) < 4.78 is 25.7. The minimum absolute atomic E-state index is 0.409. The highest BCUT2D eigenvalue weighted by Crippen LogP contribution is 2.13. The summed E-state index contributed by atoms with van der Waals surface area (Å²) in [7, 11) is 0. The van der Waals surface area contributed by atoms with Crippen LogP contribution < -0.4 is 11.1 Å². The Bertz CT molecular complexity index is 330. The van der Waals surface area contributed by atoms with Gasteiger partial charge in [-0.3, -0.25) is 0 Å². The van der Waals surface area contributed by atoms with Crippen LogP contribution in [-0.4, -0.2) is 29.0 Å². The van der Waals surface area contributed by atoms with Crippen LogP contribution in [0, 0.1) is 0 Å². The quantitative estimate of drug-likeness (QED) is 0.776. The van der Waals surface area contributed by atoms with Crippen LogP contribution >= 0.6 is 0 Å². The van der Waals surface area contributed by atoms with Crippen molar-refractivity contribution in [3.63, 3.8) is 0 Å². The monoisotopic (exact) mass is 230 g/mol. The zero-order valence-electron chi connectivity index (χ0n) is 9.21. The van der Waals surface area contributed by atoms with Gasteiger partial charge in [0.2, 0.25) is 0 Å². The molecule has 0 saturated carbocycles. The fourth-order valence-corrected chi connectivity index (χ4v) is 1.18. The van der Waals surface area contributed by atoms with Gasteiger partial charge in [0.15, 0.2) is 0 Å². The summed E-state index contributed by atoms with van der Waals surface area (Å²) in [5.74, 6) is -2.50. The molecule has 0 aliphatic heterocycles. The number of halogens is 2. The smallest absolute Gasteiger partial charge is 0.276 e. The molecule has 1 aromatic rings. The minimum atomic E-state index is -2.91. The molecule has 0 saturated heterocycles. The minimum Gasteiger partial charge on any atom is -0.364 e. The van der Waals surface area contributed by atoms with Gasteiger partial charge in [0.25, 0.3) is 5.92 Å². The molecule has 0 aromatic carbocycles. The van der Waals surface area contributed by atoms with Gasteiger partial charge in [0, 0.05) is 11.8 Å². The Morgan fingerprint density at radius 3 is 2.81 bits per heavy atom. The zero-order chi connectivity index (χ0) is 12.0. The molecule has 1 aromatic heterocycles. The molecule has 0 atom stereocenters. The molecule has 3 N–H and O–H groups in total. The van der Waals surface area contributed by atoms with Crippen molar-refractivity contribution in [2.45, 2.75) is 25.7 Å². The molecular formula is C10H16F2N4. The molecule has 4 nitrogen and oxygen atoms in total. The highest BCUT2D eigenvalue weighted by molar-refractivity contribution is 5.35. The molecule has 0 spiro atoms. The Balaban J connectivity index is 2.57. The van der Waals surface area contributed by atoms with E-state index in [4.69, 9.17) is 5.73 Å². The molecule has 0 radical (unpaired) electrons. The molecule has 0 bridgehead atoms. The number of aromatic nitrogens is 2. The first kappa shape index (κ1) is 12.8. The van der Waals surface area contributed by atoms with Crippen molar-refractivity contribution in [2.24, 2.45) is 5.73 Å². The van der Waals surface area contributed by atoms with Crippen LogP contribution in [0.4, 0.5) is 14.6 Å². The third-order valence-electron chi connectivity index (χ3n) is 2.06. The molecular weight excluding hydrogens is 214 g/mol. The van der Waals surface area contributed by atoms with Crippen LogP contribution in [0.5, 0.6) is 0 Å². The van der Waals surface area contributed by atoms with Gasteiger partial charge in [-0.15, -0.1) is 0 Å². The van der Waals surface area contributed by atoms with E-state index >= 15 is 0 Å². The Morgan fingerprint density at radius 2 is 2.19 bits per heavy atom. The summed E-state index contributed by atoms with van der Waals surface area (Å²) in [4.78, 5) is 7.89. The Labute approximate surface area is 93.3 Å². The van der Waals surface area contributed by atoms with Crippen LogP contribution in [0.15, 0.2) is 12.4 Å². The molecule has 16 heavy (non-hydrogen) atoms. The van der Waals surface area contributed by atoms with E-state index in [1.54, 1.807) is 6.07 Å². The van der Waals surface area contributed by atoms with Gasteiger partial charge in [-0.1, -0.05) is 13.3 Å². The summed E-state index contributed by atoms with van der Waals surface area (Å²) in [5.41, 5.74) is 5.77. The third kappa shape index (κ3) is 4.06. The molecule has 1 heterocycles. The van der Waals surface area contributed by atoms with Gasteiger partial charge < -0.3 is 11.1 Å². The molecule has 6 heteroatoms. The first-order valence-corrected chi connectivity index (χ1v) is 5.20. The predicted octanol–water partition coefficient (Wildman–Crippen LogP) is 1.43. The van der Waals surface area contributed by atoms with E-state index in [2.05, 4.69) is 15.3 Å². The van der Waals surface area contributed by atoms with Crippen molar-refractivity contribution in [2.75, 3.05) is 18.4 Å². The number of hydrogen-bond acceptors (Lipinski definition) is 4. The van der Waals surface area contributed by atoms with Crippen LogP contribution in [0.25, 0.3) is 0 Å². The predicted molar refractivity (Wildman–Crippen MR) is 58.5 cm³/mol. The lowest BCUT2D eigenvalue weighted by Gasteiger charge is -2.14. The second-order valence-electron chi connectivity index (χ2n) is 3.56. The van der Waals surface area contributed by atoms with Gasteiger partial charge >= 0.3 is 0 Å². The maximum absolute atomic E-state index is 12.9. The molecule has 0 unspecified atom stereocenters. The summed E-state index contributed by atoms with van der Waals surface area (Å²) in [5, 5.41) is 2.55. The van der Waals surface area contributed by atoms with E-state index in [-0.39, 0.29) is 0 Å². The number of hydrogen-bond donors (Lipinski definition) is 2. The molecule has 0 amide bonds. The van der Waals surface area contributed by atoms with Crippen molar-refractivity contribution in [3.8, 4) is 0 Å². The second-order valence-corrected chi connectivity index (χ2v) is 3.56. The Morgan fingerprint density at radius 1 is 1.44 bits per heavy atom. The van der Waals surface area contributed by atoms with Crippen molar-refractivity contribution >= 4 is 5.82 Å². The Hall–Kier alpha value is -1.30. The van der Waals surface area contributed by atoms with E-state index in [0.717, 1.165) is 18.5 Å². The van der Waals surface area contributed by atoms with Gasteiger partial charge in [0.05, 0.1) is 13.1 Å². The second kappa shape index (κ2) is 5.69. The summed E-state index contributed by atoms with van der Waals surface area (Å²) in [6.45, 7) is 0.844. The van der Waals surface area contributed by atoms with E-state index in [1.807, 2.05) is 6.92 Å². The van der Waals surface area contributed by atoms with Gasteiger partial charge in [-0.25, -0.2) is 18.7 Å².